The molecule has 19 heavy (non-hydrogen) atoms. The van der Waals surface area contributed by atoms with Crippen LogP contribution in [0.25, 0.3) is 0 Å². The Morgan fingerprint density at radius 1 is 1.47 bits per heavy atom. The first-order valence-electron chi connectivity index (χ1n) is 6.34. The van der Waals surface area contributed by atoms with E-state index in [4.69, 9.17) is 0 Å². The topological polar surface area (TPSA) is 84.3 Å². The van der Waals surface area contributed by atoms with Crippen LogP contribution in [0, 0.1) is 17.0 Å². The zero-order chi connectivity index (χ0) is 13.8. The number of nitrogens with zero attached hydrogens (tertiary/aromatic N) is 1. The van der Waals surface area contributed by atoms with Crippen LogP contribution in [0.3, 0.4) is 0 Å². The molecule has 1 aromatic carbocycles. The summed E-state index contributed by atoms with van der Waals surface area (Å²) in [7, 11) is 0. The lowest BCUT2D eigenvalue weighted by atomic mass is 10.2. The van der Waals surface area contributed by atoms with Crippen molar-refractivity contribution in [1.82, 2.24) is 5.32 Å². The molecule has 1 aliphatic carbocycles. The van der Waals surface area contributed by atoms with E-state index >= 15 is 0 Å². The van der Waals surface area contributed by atoms with Crippen LogP contribution < -0.4 is 10.6 Å². The smallest absolute Gasteiger partial charge is 0.292 e. The molecule has 102 valence electrons. The summed E-state index contributed by atoms with van der Waals surface area (Å²) in [4.78, 5) is 21.9. The second-order valence-electron chi connectivity index (χ2n) is 4.80. The van der Waals surface area contributed by atoms with Crippen molar-refractivity contribution in [3.05, 3.63) is 33.9 Å². The van der Waals surface area contributed by atoms with Crippen molar-refractivity contribution in [2.24, 2.45) is 0 Å². The van der Waals surface area contributed by atoms with E-state index in [9.17, 15) is 14.9 Å². The predicted molar refractivity (Wildman–Crippen MR) is 72.1 cm³/mol. The third kappa shape index (κ3) is 3.94. The van der Waals surface area contributed by atoms with E-state index in [-0.39, 0.29) is 11.6 Å². The van der Waals surface area contributed by atoms with Crippen molar-refractivity contribution in [3.63, 3.8) is 0 Å². The van der Waals surface area contributed by atoms with Gasteiger partial charge in [-0.1, -0.05) is 6.07 Å². The zero-order valence-electron chi connectivity index (χ0n) is 10.8. The predicted octanol–water partition coefficient (Wildman–Crippen LogP) is 1.98. The van der Waals surface area contributed by atoms with E-state index in [2.05, 4.69) is 10.6 Å². The molecule has 6 heteroatoms. The molecule has 0 bridgehead atoms. The lowest BCUT2D eigenvalue weighted by Crippen LogP contribution is -2.27. The maximum Gasteiger partial charge on any atom is 0.292 e. The first-order valence-corrected chi connectivity index (χ1v) is 6.34. The summed E-state index contributed by atoms with van der Waals surface area (Å²) in [5.41, 5.74) is 1.44. The summed E-state index contributed by atoms with van der Waals surface area (Å²) in [5, 5.41) is 16.7. The van der Waals surface area contributed by atoms with Crippen LogP contribution in [0.15, 0.2) is 18.2 Å². The van der Waals surface area contributed by atoms with Gasteiger partial charge in [-0.05, 0) is 31.4 Å². The molecule has 0 heterocycles. The lowest BCUT2D eigenvalue weighted by Gasteiger charge is -2.08. The summed E-state index contributed by atoms with van der Waals surface area (Å²) < 4.78 is 0. The average molecular weight is 263 g/mol. The fourth-order valence-electron chi connectivity index (χ4n) is 1.79. The number of carbonyl (C=O) groups excluding carboxylic acids is 1. The number of hydrogen-bond acceptors (Lipinski definition) is 4. The summed E-state index contributed by atoms with van der Waals surface area (Å²) in [6.45, 7) is 2.26. The fraction of sp³-hybridized carbons (Fsp3) is 0.462. The molecule has 0 aliphatic heterocycles. The number of hydrogen-bond donors (Lipinski definition) is 2. The van der Waals surface area contributed by atoms with E-state index in [1.807, 2.05) is 6.92 Å². The summed E-state index contributed by atoms with van der Waals surface area (Å²) in [6, 6.07) is 5.24. The van der Waals surface area contributed by atoms with Crippen LogP contribution in [0.5, 0.6) is 0 Å². The third-order valence-electron chi connectivity index (χ3n) is 2.96. The Bertz CT molecular complexity index is 498. The molecule has 0 unspecified atom stereocenters. The molecule has 0 atom stereocenters. The number of benzene rings is 1. The standard InChI is InChI=1S/C13H17N3O3/c1-9-2-5-12(16(18)19)11(8-9)14-7-6-13(17)15-10-3-4-10/h2,5,8,10,14H,3-4,6-7H2,1H3,(H,15,17). The van der Waals surface area contributed by atoms with Gasteiger partial charge < -0.3 is 10.6 Å². The van der Waals surface area contributed by atoms with Crippen molar-refractivity contribution in [2.75, 3.05) is 11.9 Å². The van der Waals surface area contributed by atoms with Gasteiger partial charge in [0.2, 0.25) is 5.91 Å². The quantitative estimate of drug-likeness (QED) is 0.607. The molecule has 1 amide bonds. The highest BCUT2D eigenvalue weighted by Crippen LogP contribution is 2.25. The van der Waals surface area contributed by atoms with Gasteiger partial charge in [-0.25, -0.2) is 0 Å². The fourth-order valence-corrected chi connectivity index (χ4v) is 1.79. The average Bonchev–Trinajstić information content (AvgIpc) is 3.12. The van der Waals surface area contributed by atoms with Gasteiger partial charge in [0.1, 0.15) is 5.69 Å². The van der Waals surface area contributed by atoms with Crippen molar-refractivity contribution in [3.8, 4) is 0 Å². The van der Waals surface area contributed by atoms with E-state index in [0.29, 0.717) is 24.7 Å². The molecule has 2 rings (SSSR count). The van der Waals surface area contributed by atoms with Crippen molar-refractivity contribution in [2.45, 2.75) is 32.2 Å². The Balaban J connectivity index is 1.88. The monoisotopic (exact) mass is 263 g/mol. The van der Waals surface area contributed by atoms with Gasteiger partial charge in [0.25, 0.3) is 5.69 Å². The molecule has 1 saturated carbocycles. The van der Waals surface area contributed by atoms with Gasteiger partial charge in [0, 0.05) is 25.1 Å². The van der Waals surface area contributed by atoms with Gasteiger partial charge in [0.05, 0.1) is 4.92 Å². The largest absolute Gasteiger partial charge is 0.379 e. The Morgan fingerprint density at radius 3 is 2.84 bits per heavy atom. The maximum atomic E-state index is 11.5. The summed E-state index contributed by atoms with van der Waals surface area (Å²) in [6.07, 6.45) is 2.44. The molecule has 0 saturated heterocycles. The second-order valence-corrected chi connectivity index (χ2v) is 4.80. The number of rotatable bonds is 6. The number of amides is 1. The Hall–Kier alpha value is -2.11. The minimum Gasteiger partial charge on any atom is -0.379 e. The van der Waals surface area contributed by atoms with Gasteiger partial charge in [-0.3, -0.25) is 14.9 Å². The lowest BCUT2D eigenvalue weighted by molar-refractivity contribution is -0.384. The molecule has 1 aromatic rings. The minimum atomic E-state index is -0.425. The molecule has 0 aromatic heterocycles. The van der Waals surface area contributed by atoms with E-state index in [0.717, 1.165) is 18.4 Å². The Morgan fingerprint density at radius 2 is 2.21 bits per heavy atom. The van der Waals surface area contributed by atoms with E-state index < -0.39 is 4.92 Å². The van der Waals surface area contributed by atoms with Crippen LogP contribution in [0.2, 0.25) is 0 Å². The van der Waals surface area contributed by atoms with Gasteiger partial charge >= 0.3 is 0 Å². The Labute approximate surface area is 111 Å². The maximum absolute atomic E-state index is 11.5. The molecule has 6 nitrogen and oxygen atoms in total. The number of anilines is 1. The van der Waals surface area contributed by atoms with E-state index in [1.165, 1.54) is 6.07 Å². The highest BCUT2D eigenvalue weighted by molar-refractivity contribution is 5.77. The molecular weight excluding hydrogens is 246 g/mol. The number of carbonyl (C=O) groups is 1. The molecule has 1 fully saturated rings. The van der Waals surface area contributed by atoms with Gasteiger partial charge in [0.15, 0.2) is 0 Å². The van der Waals surface area contributed by atoms with Crippen LogP contribution in [0.4, 0.5) is 11.4 Å². The van der Waals surface area contributed by atoms with Gasteiger partial charge in [-0.15, -0.1) is 0 Å². The number of nitro groups is 1. The van der Waals surface area contributed by atoms with Crippen LogP contribution in [-0.2, 0) is 4.79 Å². The first-order chi connectivity index (χ1) is 9.06. The summed E-state index contributed by atoms with van der Waals surface area (Å²) >= 11 is 0. The van der Waals surface area contributed by atoms with Crippen LogP contribution in [0.1, 0.15) is 24.8 Å². The number of nitrogens with one attached hydrogen (secondary N) is 2. The SMILES string of the molecule is Cc1ccc([N+](=O)[O-])c(NCCC(=O)NC2CC2)c1. The van der Waals surface area contributed by atoms with Gasteiger partial charge in [-0.2, -0.15) is 0 Å². The zero-order valence-corrected chi connectivity index (χ0v) is 10.8. The molecular formula is C13H17N3O3. The van der Waals surface area contributed by atoms with Crippen molar-refractivity contribution in [1.29, 1.82) is 0 Å². The van der Waals surface area contributed by atoms with Crippen molar-refractivity contribution < 1.29 is 9.72 Å². The molecule has 1 aliphatic rings. The first kappa shape index (κ1) is 13.3. The highest BCUT2D eigenvalue weighted by atomic mass is 16.6. The third-order valence-corrected chi connectivity index (χ3v) is 2.96. The van der Waals surface area contributed by atoms with Crippen LogP contribution >= 0.6 is 0 Å². The second kappa shape index (κ2) is 5.69. The number of nitro benzene ring substituents is 1. The molecule has 2 N–H and O–H groups in total. The molecule has 0 radical (unpaired) electrons. The minimum absolute atomic E-state index is 0.00898. The summed E-state index contributed by atoms with van der Waals surface area (Å²) in [5.74, 6) is -0.00898. The Kier molecular flexibility index (Phi) is 3.99. The van der Waals surface area contributed by atoms with Crippen molar-refractivity contribution >= 4 is 17.3 Å². The van der Waals surface area contributed by atoms with E-state index in [1.54, 1.807) is 12.1 Å². The number of aryl methyl sites for hydroxylation is 1. The molecule has 0 spiro atoms. The highest BCUT2D eigenvalue weighted by Gasteiger charge is 2.22. The normalized spacial score (nSPS) is 13.9. The van der Waals surface area contributed by atoms with Crippen LogP contribution in [-0.4, -0.2) is 23.4 Å².